The van der Waals surface area contributed by atoms with Crippen molar-refractivity contribution < 1.29 is 29.0 Å². The third-order valence-electron chi connectivity index (χ3n) is 13.4. The largest absolute Gasteiger partial charge is 0.507 e. The highest BCUT2D eigenvalue weighted by molar-refractivity contribution is 7.11. The number of likely N-dealkylation sites (tertiary alicyclic amines) is 2. The monoisotopic (exact) mass is 789 g/mol. The fourth-order valence-corrected chi connectivity index (χ4v) is 10.9. The van der Waals surface area contributed by atoms with Crippen molar-refractivity contribution in [2.24, 2.45) is 11.3 Å². The Labute approximate surface area is 338 Å². The zero-order valence-corrected chi connectivity index (χ0v) is 33.7. The first-order valence-corrected chi connectivity index (χ1v) is 21.1. The molecule has 0 bridgehead atoms. The number of thiophene rings is 1. The van der Waals surface area contributed by atoms with E-state index in [0.717, 1.165) is 97.0 Å². The minimum atomic E-state index is -0.732. The molecule has 1 aliphatic carbocycles. The lowest BCUT2D eigenvalue weighted by Gasteiger charge is -2.52. The van der Waals surface area contributed by atoms with Crippen LogP contribution in [0.3, 0.4) is 0 Å². The van der Waals surface area contributed by atoms with E-state index in [4.69, 9.17) is 9.47 Å². The van der Waals surface area contributed by atoms with Crippen LogP contribution >= 0.6 is 11.3 Å². The molecule has 1 spiro atoms. The molecule has 9 rings (SSSR count). The normalized spacial score (nSPS) is 23.0. The second kappa shape index (κ2) is 14.8. The molecule has 6 aliphatic rings. The maximum absolute atomic E-state index is 13.4. The maximum Gasteiger partial charge on any atom is 0.259 e. The Kier molecular flexibility index (Phi) is 9.77. The summed E-state index contributed by atoms with van der Waals surface area (Å²) in [5, 5.41) is 15.7. The van der Waals surface area contributed by atoms with Gasteiger partial charge in [-0.1, -0.05) is 13.2 Å². The minimum absolute atomic E-state index is 0.125. The number of nitrogens with zero attached hydrogens (tertiary/aromatic N) is 4. The molecule has 4 fully saturated rings. The minimum Gasteiger partial charge on any atom is -0.507 e. The van der Waals surface area contributed by atoms with Crippen LogP contribution in [0.4, 0.5) is 0 Å². The Hall–Kier alpha value is -4.91. The van der Waals surface area contributed by atoms with Crippen molar-refractivity contribution in [3.63, 3.8) is 0 Å². The second-order valence-corrected chi connectivity index (χ2v) is 17.8. The molecule has 1 saturated carbocycles. The van der Waals surface area contributed by atoms with Crippen molar-refractivity contribution in [1.82, 2.24) is 24.9 Å². The number of imide groups is 1. The number of fused-ring (bicyclic) bond motifs is 2. The third-order valence-corrected chi connectivity index (χ3v) is 14.3. The standard InChI is InChI=1S/C45H51N5O6S/c1-27-34-11-18-57-42(34)36(25-47(27)3)30-19-39(51)37(40(20-30)55-4)26-48-14-9-29(10-15-48)24-49-16-12-45(13-17-49)22-32(23-45)56-31-5-6-33-28(2)50(44(54)35(33)21-31)38-7-8-41(52)46-43(38)53/h5-6,11,18-21,25,29,32,38,51H,1-2,7-10,12-17,22-24,26H2,3-4H3,(H,46,52,53). The molecule has 3 aromatic rings. The Morgan fingerprint density at radius 1 is 0.930 bits per heavy atom. The van der Waals surface area contributed by atoms with Crippen LogP contribution in [-0.4, -0.2) is 101 Å². The number of benzene rings is 2. The molecular weight excluding hydrogens is 739 g/mol. The van der Waals surface area contributed by atoms with Gasteiger partial charge in [-0.2, -0.15) is 0 Å². The molecule has 1 unspecified atom stereocenters. The average molecular weight is 790 g/mol. The number of phenols is 1. The van der Waals surface area contributed by atoms with E-state index in [-0.39, 0.29) is 30.1 Å². The predicted molar refractivity (Wildman–Crippen MR) is 220 cm³/mol. The predicted octanol–water partition coefficient (Wildman–Crippen LogP) is 6.53. The lowest BCUT2D eigenvalue weighted by molar-refractivity contribution is -0.136. The van der Waals surface area contributed by atoms with Crippen LogP contribution in [0.25, 0.3) is 17.0 Å². The van der Waals surface area contributed by atoms with Crippen LogP contribution in [0.15, 0.2) is 61.1 Å². The van der Waals surface area contributed by atoms with E-state index in [9.17, 15) is 19.5 Å². The number of carbonyl (C=O) groups is 3. The van der Waals surface area contributed by atoms with Crippen LogP contribution in [0, 0.1) is 11.3 Å². The summed E-state index contributed by atoms with van der Waals surface area (Å²) < 4.78 is 12.3. The molecule has 2 N–H and O–H groups in total. The number of phenolic OH excluding ortho intramolecular Hbond substituents is 1. The summed E-state index contributed by atoms with van der Waals surface area (Å²) in [4.78, 5) is 47.3. The molecule has 3 amide bonds. The molecule has 2 aromatic carbocycles. The highest BCUT2D eigenvalue weighted by Gasteiger charge is 2.48. The van der Waals surface area contributed by atoms with Gasteiger partial charge in [0.1, 0.15) is 23.3 Å². The van der Waals surface area contributed by atoms with E-state index in [0.29, 0.717) is 46.9 Å². The van der Waals surface area contributed by atoms with Crippen molar-refractivity contribution in [3.8, 4) is 17.2 Å². The van der Waals surface area contributed by atoms with Gasteiger partial charge < -0.3 is 24.4 Å². The molecule has 6 heterocycles. The zero-order chi connectivity index (χ0) is 39.6. The molecule has 5 aliphatic heterocycles. The first-order chi connectivity index (χ1) is 27.5. The summed E-state index contributed by atoms with van der Waals surface area (Å²) in [5.41, 5.74) is 6.96. The number of piperidine rings is 3. The number of carbonyl (C=O) groups excluding carboxylic acids is 3. The molecule has 12 heteroatoms. The van der Waals surface area contributed by atoms with Gasteiger partial charge >= 0.3 is 0 Å². The molecule has 1 atom stereocenters. The van der Waals surface area contributed by atoms with Gasteiger partial charge in [0, 0.05) is 71.3 Å². The Bertz CT molecular complexity index is 2190. The number of amides is 3. The Morgan fingerprint density at radius 2 is 1.70 bits per heavy atom. The number of aromatic hydroxyl groups is 1. The van der Waals surface area contributed by atoms with Gasteiger partial charge in [-0.25, -0.2) is 0 Å². The van der Waals surface area contributed by atoms with Gasteiger partial charge in [-0.15, -0.1) is 11.3 Å². The lowest BCUT2D eigenvalue weighted by atomic mass is 9.61. The summed E-state index contributed by atoms with van der Waals surface area (Å²) in [7, 11) is 3.69. The van der Waals surface area contributed by atoms with Crippen LogP contribution < -0.4 is 14.8 Å². The first-order valence-electron chi connectivity index (χ1n) is 20.2. The highest BCUT2D eigenvalue weighted by Crippen LogP contribution is 2.51. The van der Waals surface area contributed by atoms with Crippen molar-refractivity contribution in [3.05, 3.63) is 93.8 Å². The Balaban J connectivity index is 0.734. The molecule has 11 nitrogen and oxygen atoms in total. The van der Waals surface area contributed by atoms with Gasteiger partial charge in [0.05, 0.1) is 18.8 Å². The quantitative estimate of drug-likeness (QED) is 0.234. The lowest BCUT2D eigenvalue weighted by Crippen LogP contribution is -2.52. The number of rotatable bonds is 9. The van der Waals surface area contributed by atoms with Gasteiger partial charge in [0.25, 0.3) is 5.91 Å². The van der Waals surface area contributed by atoms with Crippen LogP contribution in [-0.2, 0) is 16.1 Å². The first kappa shape index (κ1) is 37.7. The fraction of sp³-hybridized carbons (Fsp3) is 0.444. The van der Waals surface area contributed by atoms with Gasteiger partial charge in [0.15, 0.2) is 0 Å². The summed E-state index contributed by atoms with van der Waals surface area (Å²) in [6.45, 7) is 14.4. The topological polar surface area (TPSA) is 115 Å². The van der Waals surface area contributed by atoms with Gasteiger partial charge in [-0.05, 0) is 130 Å². The third kappa shape index (κ3) is 6.95. The fourth-order valence-electron chi connectivity index (χ4n) is 9.98. The molecule has 298 valence electrons. The van der Waals surface area contributed by atoms with E-state index in [1.807, 2.05) is 30.1 Å². The number of methoxy groups -OCH3 is 1. The van der Waals surface area contributed by atoms with E-state index >= 15 is 0 Å². The molecule has 0 radical (unpaired) electrons. The summed E-state index contributed by atoms with van der Waals surface area (Å²) in [5.74, 6) is 1.29. The van der Waals surface area contributed by atoms with E-state index < -0.39 is 11.9 Å². The molecule has 3 saturated heterocycles. The number of nitrogens with one attached hydrogen (secondary N) is 1. The van der Waals surface area contributed by atoms with Crippen LogP contribution in [0.1, 0.15) is 88.9 Å². The SMILES string of the molecule is C=C1c2ccsc2C(c2cc(O)c(CN3CCC(CN4CCC5(CC4)CC(Oc4ccc6c(c4)C(=O)N(C4CCC(=O)NC4=O)C6=C)C5)CC3)c(OC)c2)=CN1C. The van der Waals surface area contributed by atoms with Crippen molar-refractivity contribution >= 4 is 46.0 Å². The smallest absolute Gasteiger partial charge is 0.259 e. The summed E-state index contributed by atoms with van der Waals surface area (Å²) in [6.07, 6.45) is 9.40. The van der Waals surface area contributed by atoms with Crippen molar-refractivity contribution in [1.29, 1.82) is 0 Å². The van der Waals surface area contributed by atoms with E-state index in [1.165, 1.54) is 17.7 Å². The number of hydrogen-bond donors (Lipinski definition) is 2. The number of hydrogen-bond acceptors (Lipinski definition) is 10. The number of ether oxygens (including phenoxy) is 2. The molecular formula is C45H51N5O6S. The average Bonchev–Trinajstić information content (AvgIpc) is 3.77. The van der Waals surface area contributed by atoms with Gasteiger partial charge in [0.2, 0.25) is 11.8 Å². The Morgan fingerprint density at radius 3 is 2.44 bits per heavy atom. The highest BCUT2D eigenvalue weighted by atomic mass is 32.1. The van der Waals surface area contributed by atoms with E-state index in [2.05, 4.69) is 52.0 Å². The maximum atomic E-state index is 13.4. The van der Waals surface area contributed by atoms with Crippen LogP contribution in [0.2, 0.25) is 0 Å². The summed E-state index contributed by atoms with van der Waals surface area (Å²) >= 11 is 1.69. The van der Waals surface area contributed by atoms with Crippen molar-refractivity contribution in [2.45, 2.75) is 70.1 Å². The zero-order valence-electron chi connectivity index (χ0n) is 32.9. The molecule has 1 aromatic heterocycles. The molecule has 57 heavy (non-hydrogen) atoms. The second-order valence-electron chi connectivity index (χ2n) is 16.9. The van der Waals surface area contributed by atoms with Crippen LogP contribution in [0.5, 0.6) is 17.2 Å². The van der Waals surface area contributed by atoms with Gasteiger partial charge in [-0.3, -0.25) is 29.5 Å². The van der Waals surface area contributed by atoms with Crippen molar-refractivity contribution in [2.75, 3.05) is 46.9 Å². The summed E-state index contributed by atoms with van der Waals surface area (Å²) in [6, 6.07) is 10.9. The van der Waals surface area contributed by atoms with E-state index in [1.54, 1.807) is 24.5 Å².